The Morgan fingerprint density at radius 3 is 3.00 bits per heavy atom. The molecule has 3 heterocycles. The fraction of sp³-hybridized carbons (Fsp3) is 0.471. The summed E-state index contributed by atoms with van der Waals surface area (Å²) >= 11 is 0. The highest BCUT2D eigenvalue weighted by Gasteiger charge is 2.31. The first-order valence-electron chi connectivity index (χ1n) is 7.87. The van der Waals surface area contributed by atoms with Crippen LogP contribution in [0.2, 0.25) is 0 Å². The van der Waals surface area contributed by atoms with E-state index < -0.39 is 0 Å². The van der Waals surface area contributed by atoms with Crippen LogP contribution >= 0.6 is 0 Å². The summed E-state index contributed by atoms with van der Waals surface area (Å²) in [6.45, 7) is 6.39. The molecule has 122 valence electrons. The van der Waals surface area contributed by atoms with Gasteiger partial charge >= 0.3 is 0 Å². The summed E-state index contributed by atoms with van der Waals surface area (Å²) in [6, 6.07) is 3.85. The number of carbonyl (C=O) groups excluding carboxylic acids is 1. The molecular weight excluding hydrogens is 292 g/mol. The number of amides is 1. The molecule has 0 saturated carbocycles. The Hall–Kier alpha value is -2.21. The van der Waals surface area contributed by atoms with Gasteiger partial charge in [0.25, 0.3) is 5.91 Å². The molecule has 1 N–H and O–H groups in total. The molecule has 6 nitrogen and oxygen atoms in total. The average Bonchev–Trinajstić information content (AvgIpc) is 2.83. The highest BCUT2D eigenvalue weighted by atomic mass is 16.5. The molecule has 1 aliphatic heterocycles. The van der Waals surface area contributed by atoms with Crippen molar-refractivity contribution in [3.8, 4) is 0 Å². The van der Waals surface area contributed by atoms with Gasteiger partial charge in [0.2, 0.25) is 0 Å². The van der Waals surface area contributed by atoms with Crippen LogP contribution in [0.15, 0.2) is 18.3 Å². The lowest BCUT2D eigenvalue weighted by Gasteiger charge is -2.24. The van der Waals surface area contributed by atoms with E-state index in [9.17, 15) is 4.79 Å². The lowest BCUT2D eigenvalue weighted by atomic mass is 9.99. The first kappa shape index (κ1) is 15.7. The van der Waals surface area contributed by atoms with Crippen LogP contribution < -0.4 is 5.32 Å². The highest BCUT2D eigenvalue weighted by molar-refractivity contribution is 5.94. The van der Waals surface area contributed by atoms with Crippen LogP contribution in [0.1, 0.15) is 53.0 Å². The summed E-state index contributed by atoms with van der Waals surface area (Å²) in [4.78, 5) is 16.9. The maximum absolute atomic E-state index is 12.7. The second-order valence-electron chi connectivity index (χ2n) is 6.06. The summed E-state index contributed by atoms with van der Waals surface area (Å²) in [6.07, 6.45) is 2.47. The van der Waals surface area contributed by atoms with Crippen molar-refractivity contribution in [1.29, 1.82) is 0 Å². The molecule has 3 rings (SSSR count). The summed E-state index contributed by atoms with van der Waals surface area (Å²) in [5.74, 6) is -0.106. The summed E-state index contributed by atoms with van der Waals surface area (Å²) in [7, 11) is 1.81. The van der Waals surface area contributed by atoms with Crippen molar-refractivity contribution >= 4 is 5.91 Å². The van der Waals surface area contributed by atoms with Crippen LogP contribution in [-0.4, -0.2) is 26.8 Å². The molecule has 2 aromatic heterocycles. The van der Waals surface area contributed by atoms with Crippen molar-refractivity contribution in [3.63, 3.8) is 0 Å². The van der Waals surface area contributed by atoms with E-state index in [0.29, 0.717) is 18.7 Å². The van der Waals surface area contributed by atoms with E-state index in [1.807, 2.05) is 32.9 Å². The third-order valence-corrected chi connectivity index (χ3v) is 4.26. The van der Waals surface area contributed by atoms with E-state index in [4.69, 9.17) is 4.74 Å². The minimum atomic E-state index is -0.106. The molecule has 0 radical (unpaired) electrons. The largest absolute Gasteiger partial charge is 0.369 e. The summed E-state index contributed by atoms with van der Waals surface area (Å²) in [5, 5.41) is 7.46. The molecule has 0 aliphatic carbocycles. The molecule has 1 aliphatic rings. The van der Waals surface area contributed by atoms with Gasteiger partial charge in [-0.25, -0.2) is 0 Å². The Labute approximate surface area is 135 Å². The smallest absolute Gasteiger partial charge is 0.270 e. The first-order chi connectivity index (χ1) is 11.0. The van der Waals surface area contributed by atoms with Gasteiger partial charge in [-0.15, -0.1) is 0 Å². The number of pyridine rings is 1. The van der Waals surface area contributed by atoms with Crippen molar-refractivity contribution in [2.75, 3.05) is 0 Å². The average molecular weight is 314 g/mol. The van der Waals surface area contributed by atoms with Crippen molar-refractivity contribution in [3.05, 3.63) is 46.5 Å². The Bertz CT molecular complexity index is 738. The number of aryl methyl sites for hydroxylation is 2. The minimum Gasteiger partial charge on any atom is -0.369 e. The Kier molecular flexibility index (Phi) is 4.17. The van der Waals surface area contributed by atoms with Gasteiger partial charge < -0.3 is 10.1 Å². The Morgan fingerprint density at radius 2 is 2.26 bits per heavy atom. The van der Waals surface area contributed by atoms with Crippen molar-refractivity contribution in [1.82, 2.24) is 20.1 Å². The lowest BCUT2D eigenvalue weighted by molar-refractivity contribution is -0.00710. The third kappa shape index (κ3) is 2.99. The van der Waals surface area contributed by atoms with Gasteiger partial charge in [-0.2, -0.15) is 5.10 Å². The SMILES string of the molecule is Cc1ncccc1CNC(=O)c1c2c(nn1C)[C@H](C)O[C@H](C)C2. The second kappa shape index (κ2) is 6.12. The molecule has 6 heteroatoms. The number of nitrogens with zero attached hydrogens (tertiary/aromatic N) is 3. The molecule has 23 heavy (non-hydrogen) atoms. The minimum absolute atomic E-state index is 0.0814. The molecule has 0 spiro atoms. The quantitative estimate of drug-likeness (QED) is 0.941. The predicted molar refractivity (Wildman–Crippen MR) is 86.0 cm³/mol. The maximum Gasteiger partial charge on any atom is 0.270 e. The maximum atomic E-state index is 12.7. The van der Waals surface area contributed by atoms with Gasteiger partial charge in [-0.05, 0) is 32.4 Å². The molecule has 1 amide bonds. The summed E-state index contributed by atoms with van der Waals surface area (Å²) in [5.41, 5.74) is 4.44. The van der Waals surface area contributed by atoms with Gasteiger partial charge in [-0.3, -0.25) is 14.5 Å². The third-order valence-electron chi connectivity index (χ3n) is 4.26. The van der Waals surface area contributed by atoms with Crippen LogP contribution in [-0.2, 0) is 24.8 Å². The van der Waals surface area contributed by atoms with E-state index in [1.54, 1.807) is 17.9 Å². The van der Waals surface area contributed by atoms with Crippen LogP contribution in [0.25, 0.3) is 0 Å². The van der Waals surface area contributed by atoms with Gasteiger partial charge in [0.15, 0.2) is 0 Å². The molecular formula is C17H22N4O2. The lowest BCUT2D eigenvalue weighted by Crippen LogP contribution is -2.28. The molecule has 2 aromatic rings. The van der Waals surface area contributed by atoms with Gasteiger partial charge in [-0.1, -0.05) is 6.07 Å². The van der Waals surface area contributed by atoms with Crippen LogP contribution in [0.5, 0.6) is 0 Å². The molecule has 0 aromatic carbocycles. The van der Waals surface area contributed by atoms with Crippen LogP contribution in [0.3, 0.4) is 0 Å². The van der Waals surface area contributed by atoms with Gasteiger partial charge in [0, 0.05) is 37.5 Å². The van der Waals surface area contributed by atoms with E-state index in [-0.39, 0.29) is 18.1 Å². The number of fused-ring (bicyclic) bond motifs is 1. The molecule has 0 bridgehead atoms. The zero-order valence-electron chi connectivity index (χ0n) is 14.0. The Balaban J connectivity index is 1.82. The second-order valence-corrected chi connectivity index (χ2v) is 6.06. The van der Waals surface area contributed by atoms with Crippen molar-refractivity contribution < 1.29 is 9.53 Å². The number of ether oxygens (including phenoxy) is 1. The zero-order valence-corrected chi connectivity index (χ0v) is 14.0. The fourth-order valence-electron chi connectivity index (χ4n) is 3.11. The van der Waals surface area contributed by atoms with Crippen LogP contribution in [0.4, 0.5) is 0 Å². The topological polar surface area (TPSA) is 69.0 Å². The molecule has 0 fully saturated rings. The fourth-order valence-corrected chi connectivity index (χ4v) is 3.11. The van der Waals surface area contributed by atoms with E-state index in [0.717, 1.165) is 22.5 Å². The number of aromatic nitrogens is 3. The number of nitrogens with one attached hydrogen (secondary N) is 1. The van der Waals surface area contributed by atoms with Crippen LogP contribution in [0, 0.1) is 6.92 Å². The van der Waals surface area contributed by atoms with E-state index in [2.05, 4.69) is 15.4 Å². The normalized spacial score (nSPS) is 20.2. The standard InChI is InChI=1S/C17H22N4O2/c1-10-8-14-15(12(3)23-10)20-21(4)16(14)17(22)19-9-13-6-5-7-18-11(13)2/h5-7,10,12H,8-9H2,1-4H3,(H,19,22)/t10-,12+/m1/s1. The number of rotatable bonds is 3. The number of carbonyl (C=O) groups is 1. The van der Waals surface area contributed by atoms with Crippen molar-refractivity contribution in [2.24, 2.45) is 7.05 Å². The van der Waals surface area contributed by atoms with Gasteiger partial charge in [0.05, 0.1) is 17.9 Å². The molecule has 2 atom stereocenters. The number of hydrogen-bond donors (Lipinski definition) is 1. The van der Waals surface area contributed by atoms with E-state index in [1.165, 1.54) is 0 Å². The monoisotopic (exact) mass is 314 g/mol. The number of hydrogen-bond acceptors (Lipinski definition) is 4. The molecule has 0 saturated heterocycles. The van der Waals surface area contributed by atoms with Gasteiger partial charge in [0.1, 0.15) is 5.69 Å². The van der Waals surface area contributed by atoms with E-state index >= 15 is 0 Å². The Morgan fingerprint density at radius 1 is 1.48 bits per heavy atom. The predicted octanol–water partition coefficient (Wildman–Crippen LogP) is 2.08. The summed E-state index contributed by atoms with van der Waals surface area (Å²) < 4.78 is 7.45. The van der Waals surface area contributed by atoms with Crippen molar-refractivity contribution in [2.45, 2.75) is 45.9 Å². The zero-order chi connectivity index (χ0) is 16.6. The first-order valence-corrected chi connectivity index (χ1v) is 7.87. The highest BCUT2D eigenvalue weighted by Crippen LogP contribution is 2.31. The molecule has 0 unspecified atom stereocenters.